The molecule has 1 saturated carbocycles. The lowest BCUT2D eigenvalue weighted by Gasteiger charge is -2.40. The van der Waals surface area contributed by atoms with Gasteiger partial charge >= 0.3 is 0 Å². The zero-order valence-electron chi connectivity index (χ0n) is 19.0. The van der Waals surface area contributed by atoms with Gasteiger partial charge in [0.05, 0.1) is 10.9 Å². The van der Waals surface area contributed by atoms with Crippen LogP contribution in [-0.2, 0) is 21.4 Å². The summed E-state index contributed by atoms with van der Waals surface area (Å²) in [6, 6.07) is 12.0. The Labute approximate surface area is 195 Å². The van der Waals surface area contributed by atoms with Crippen LogP contribution >= 0.6 is 0 Å². The molecule has 2 aromatic carbocycles. The summed E-state index contributed by atoms with van der Waals surface area (Å²) < 4.78 is 43.7. The van der Waals surface area contributed by atoms with Gasteiger partial charge in [-0.3, -0.25) is 4.79 Å². The molecule has 178 valence electrons. The molecule has 2 fully saturated rings. The average Bonchev–Trinajstić information content (AvgIpc) is 3.34. The van der Waals surface area contributed by atoms with Crippen LogP contribution in [0.1, 0.15) is 49.7 Å². The summed E-state index contributed by atoms with van der Waals surface area (Å²) in [5.74, 6) is -0.517. The van der Waals surface area contributed by atoms with Crippen molar-refractivity contribution in [3.05, 3.63) is 65.5 Å². The maximum Gasteiger partial charge on any atom is 0.243 e. The van der Waals surface area contributed by atoms with E-state index in [0.717, 1.165) is 37.8 Å². The molecule has 1 heterocycles. The molecule has 33 heavy (non-hydrogen) atoms. The van der Waals surface area contributed by atoms with Crippen molar-refractivity contribution in [1.29, 1.82) is 0 Å². The number of carbonyl (C=O) groups excluding carboxylic acids is 1. The van der Waals surface area contributed by atoms with Gasteiger partial charge < -0.3 is 10.6 Å². The molecule has 1 unspecified atom stereocenters. The first-order chi connectivity index (χ1) is 15.9. The predicted molar refractivity (Wildman–Crippen MR) is 126 cm³/mol. The lowest BCUT2D eigenvalue weighted by atomic mass is 9.89. The minimum absolute atomic E-state index is 0.0804. The third-order valence-corrected chi connectivity index (χ3v) is 8.55. The number of hydrogen-bond acceptors (Lipinski definition) is 4. The number of carbonyl (C=O) groups is 1. The summed E-state index contributed by atoms with van der Waals surface area (Å²) in [5.41, 5.74) is 1.16. The van der Waals surface area contributed by atoms with E-state index in [9.17, 15) is 17.6 Å². The molecule has 1 aliphatic carbocycles. The maximum atomic E-state index is 14.6. The van der Waals surface area contributed by atoms with Crippen LogP contribution in [0.3, 0.4) is 0 Å². The second-order valence-electron chi connectivity index (χ2n) is 9.07. The van der Waals surface area contributed by atoms with Crippen LogP contribution in [0.2, 0.25) is 0 Å². The molecule has 3 atom stereocenters. The number of sulfonamides is 1. The van der Waals surface area contributed by atoms with Crippen molar-refractivity contribution < 1.29 is 17.6 Å². The number of halogens is 1. The molecule has 0 bridgehead atoms. The number of nitrogens with one attached hydrogen (secondary N) is 2. The van der Waals surface area contributed by atoms with E-state index < -0.39 is 21.9 Å². The van der Waals surface area contributed by atoms with Crippen molar-refractivity contribution in [3.8, 4) is 0 Å². The lowest BCUT2D eigenvalue weighted by Crippen LogP contribution is -2.57. The van der Waals surface area contributed by atoms with E-state index in [-0.39, 0.29) is 29.4 Å². The smallest absolute Gasteiger partial charge is 0.243 e. The largest absolute Gasteiger partial charge is 0.350 e. The Morgan fingerprint density at radius 3 is 2.61 bits per heavy atom. The van der Waals surface area contributed by atoms with Gasteiger partial charge in [0.15, 0.2) is 0 Å². The average molecular weight is 474 g/mol. The van der Waals surface area contributed by atoms with Crippen LogP contribution in [0.5, 0.6) is 0 Å². The molecular weight excluding hydrogens is 441 g/mol. The number of aryl methyl sites for hydroxylation is 1. The first kappa shape index (κ1) is 23.9. The molecule has 4 rings (SSSR count). The highest BCUT2D eigenvalue weighted by Crippen LogP contribution is 2.31. The maximum absolute atomic E-state index is 14.6. The quantitative estimate of drug-likeness (QED) is 0.645. The minimum Gasteiger partial charge on any atom is -0.350 e. The van der Waals surface area contributed by atoms with E-state index in [0.29, 0.717) is 18.4 Å². The van der Waals surface area contributed by atoms with E-state index in [2.05, 4.69) is 10.6 Å². The van der Waals surface area contributed by atoms with Crippen molar-refractivity contribution in [1.82, 2.24) is 14.9 Å². The summed E-state index contributed by atoms with van der Waals surface area (Å²) in [4.78, 5) is 13.0. The van der Waals surface area contributed by atoms with Crippen LogP contribution in [0, 0.1) is 12.7 Å². The molecule has 1 saturated heterocycles. The number of amides is 1. The van der Waals surface area contributed by atoms with Crippen LogP contribution in [0.4, 0.5) is 4.39 Å². The van der Waals surface area contributed by atoms with Gasteiger partial charge in [0.1, 0.15) is 5.82 Å². The zero-order chi connectivity index (χ0) is 23.4. The zero-order valence-corrected chi connectivity index (χ0v) is 19.8. The van der Waals surface area contributed by atoms with Gasteiger partial charge in [-0.1, -0.05) is 43.2 Å². The third kappa shape index (κ3) is 5.45. The summed E-state index contributed by atoms with van der Waals surface area (Å²) >= 11 is 0. The Morgan fingerprint density at radius 1 is 1.09 bits per heavy atom. The first-order valence-corrected chi connectivity index (χ1v) is 13.2. The van der Waals surface area contributed by atoms with Crippen LogP contribution in [0.15, 0.2) is 53.4 Å². The second-order valence-corrected chi connectivity index (χ2v) is 11.0. The Balaban J connectivity index is 1.68. The monoisotopic (exact) mass is 473 g/mol. The first-order valence-electron chi connectivity index (χ1n) is 11.7. The van der Waals surface area contributed by atoms with E-state index in [1.807, 2.05) is 13.0 Å². The summed E-state index contributed by atoms with van der Waals surface area (Å²) in [6.07, 6.45) is 4.81. The summed E-state index contributed by atoms with van der Waals surface area (Å²) in [6.45, 7) is 2.58. The van der Waals surface area contributed by atoms with Crippen LogP contribution in [-0.4, -0.2) is 43.3 Å². The molecule has 2 aliphatic rings. The third-order valence-electron chi connectivity index (χ3n) is 6.68. The lowest BCUT2D eigenvalue weighted by molar-refractivity contribution is -0.124. The van der Waals surface area contributed by atoms with Crippen LogP contribution in [0.25, 0.3) is 0 Å². The van der Waals surface area contributed by atoms with E-state index >= 15 is 0 Å². The fourth-order valence-corrected chi connectivity index (χ4v) is 6.68. The fraction of sp³-hybridized carbons (Fsp3) is 0.480. The van der Waals surface area contributed by atoms with Crippen molar-refractivity contribution >= 4 is 15.9 Å². The SMILES string of the molecule is Cc1cccc(S(=O)(=O)N(Cc2ccccc2F)[C@@H]2CCCCC2NC(=O)[C@H]2CCCN2)c1. The molecule has 0 spiro atoms. The van der Waals surface area contributed by atoms with Gasteiger partial charge in [-0.2, -0.15) is 4.31 Å². The van der Waals surface area contributed by atoms with Gasteiger partial charge in [0, 0.05) is 24.2 Å². The molecule has 1 amide bonds. The molecule has 8 heteroatoms. The Kier molecular flexibility index (Phi) is 7.46. The minimum atomic E-state index is -3.93. The van der Waals surface area contributed by atoms with Crippen molar-refractivity contribution in [2.24, 2.45) is 0 Å². The molecule has 2 N–H and O–H groups in total. The number of nitrogens with zero attached hydrogens (tertiary/aromatic N) is 1. The van der Waals surface area contributed by atoms with Gasteiger partial charge in [0.25, 0.3) is 0 Å². The number of hydrogen-bond donors (Lipinski definition) is 2. The summed E-state index contributed by atoms with van der Waals surface area (Å²) in [7, 11) is -3.93. The van der Waals surface area contributed by atoms with E-state index in [4.69, 9.17) is 0 Å². The van der Waals surface area contributed by atoms with E-state index in [1.54, 1.807) is 36.4 Å². The highest BCUT2D eigenvalue weighted by Gasteiger charge is 2.39. The number of benzene rings is 2. The molecule has 6 nitrogen and oxygen atoms in total. The van der Waals surface area contributed by atoms with Crippen molar-refractivity contribution in [2.75, 3.05) is 6.54 Å². The van der Waals surface area contributed by atoms with Crippen molar-refractivity contribution in [3.63, 3.8) is 0 Å². The van der Waals surface area contributed by atoms with Crippen LogP contribution < -0.4 is 10.6 Å². The van der Waals surface area contributed by atoms with Gasteiger partial charge in [-0.15, -0.1) is 0 Å². The Morgan fingerprint density at radius 2 is 1.88 bits per heavy atom. The molecular formula is C25H32FN3O3S. The van der Waals surface area contributed by atoms with Gasteiger partial charge in [0.2, 0.25) is 15.9 Å². The van der Waals surface area contributed by atoms with Gasteiger partial charge in [-0.25, -0.2) is 12.8 Å². The predicted octanol–water partition coefficient (Wildman–Crippen LogP) is 3.50. The van der Waals surface area contributed by atoms with Crippen molar-refractivity contribution in [2.45, 2.75) is 75.0 Å². The fourth-order valence-electron chi connectivity index (χ4n) is 4.90. The molecule has 1 aliphatic heterocycles. The van der Waals surface area contributed by atoms with Gasteiger partial charge in [-0.05, 0) is 62.9 Å². The highest BCUT2D eigenvalue weighted by molar-refractivity contribution is 7.89. The molecule has 0 aromatic heterocycles. The topological polar surface area (TPSA) is 78.5 Å². The summed E-state index contributed by atoms with van der Waals surface area (Å²) in [5, 5.41) is 6.33. The molecule has 0 radical (unpaired) electrons. The Hall–Kier alpha value is -2.29. The van der Waals surface area contributed by atoms with E-state index in [1.165, 1.54) is 10.4 Å². The normalized spacial score (nSPS) is 23.5. The Bertz CT molecular complexity index is 1090. The standard InChI is InChI=1S/C25H32FN3O3S/c1-18-8-6-10-20(16-18)33(31,32)29(17-19-9-2-3-11-21(19)26)24-14-5-4-12-22(24)28-25(30)23-13-7-15-27-23/h2-3,6,8-11,16,22-24,27H,4-5,7,12-15,17H2,1H3,(H,28,30)/t22?,23-,24-/m1/s1. The number of rotatable bonds is 7. The molecule has 2 aromatic rings. The highest BCUT2D eigenvalue weighted by atomic mass is 32.2. The second kappa shape index (κ2) is 10.3.